The summed E-state index contributed by atoms with van der Waals surface area (Å²) in [5.74, 6) is 1.29. The average Bonchev–Trinajstić information content (AvgIpc) is 3.36. The maximum Gasteiger partial charge on any atom is 0.303 e. The van der Waals surface area contributed by atoms with Gasteiger partial charge in [0.05, 0.1) is 16.9 Å². The molecule has 2 aromatic heterocycles. The number of aliphatic carboxylic acids is 2. The first-order valence-corrected chi connectivity index (χ1v) is 27.6. The molecule has 2 saturated carbocycles. The Morgan fingerprint density at radius 3 is 1.36 bits per heavy atom. The molecule has 2 aromatic rings. The summed E-state index contributed by atoms with van der Waals surface area (Å²) in [7, 11) is -3.26. The largest absolute Gasteiger partial charge is 0.481 e. The highest BCUT2D eigenvalue weighted by Crippen LogP contribution is 2.31. The van der Waals surface area contributed by atoms with Gasteiger partial charge in [0.25, 0.3) is 11.8 Å². The minimum absolute atomic E-state index is 0.0643. The molecule has 2 atom stereocenters. The maximum atomic E-state index is 13.3. The number of amides is 3. The molecule has 0 radical (unpaired) electrons. The van der Waals surface area contributed by atoms with Crippen molar-refractivity contribution in [3.05, 3.63) is 35.4 Å². The molecular weight excluding hydrogens is 917 g/mol. The average molecular weight is 993 g/mol. The van der Waals surface area contributed by atoms with Crippen LogP contribution in [0.3, 0.4) is 0 Å². The number of rotatable bonds is 14. The fourth-order valence-corrected chi connectivity index (χ4v) is 12.1. The number of anilines is 4. The summed E-state index contributed by atoms with van der Waals surface area (Å²) in [4.78, 5) is 81.0. The van der Waals surface area contributed by atoms with Gasteiger partial charge in [-0.15, -0.1) is 0 Å². The van der Waals surface area contributed by atoms with Gasteiger partial charge in [0.15, 0.2) is 0 Å². The lowest BCUT2D eigenvalue weighted by Gasteiger charge is -2.37. The number of aromatic nitrogens is 2. The predicted molar refractivity (Wildman–Crippen MR) is 269 cm³/mol. The highest BCUT2D eigenvalue weighted by atomic mass is 32.2. The lowest BCUT2D eigenvalue weighted by molar-refractivity contribution is -0.139. The van der Waals surface area contributed by atoms with E-state index in [0.29, 0.717) is 88.2 Å². The molecule has 386 valence electrons. The third-order valence-electron chi connectivity index (χ3n) is 15.0. The van der Waals surface area contributed by atoms with Crippen molar-refractivity contribution >= 4 is 63.0 Å². The van der Waals surface area contributed by atoms with Crippen molar-refractivity contribution in [3.63, 3.8) is 0 Å². The first-order valence-electron chi connectivity index (χ1n) is 26.0. The van der Waals surface area contributed by atoms with E-state index in [1.54, 1.807) is 13.8 Å². The van der Waals surface area contributed by atoms with Gasteiger partial charge >= 0.3 is 11.9 Å². The van der Waals surface area contributed by atoms with Crippen LogP contribution in [0.15, 0.2) is 24.3 Å². The fraction of sp³-hybridized carbons (Fsp3) is 0.700. The third-order valence-corrected chi connectivity index (χ3v) is 16.9. The number of hydrogen-bond acceptors (Lipinski definition) is 13. The molecule has 6 aliphatic rings. The Bertz CT molecular complexity index is 2240. The Balaban J connectivity index is 0.000000207. The zero-order chi connectivity index (χ0) is 49.8. The number of nitrogens with zero attached hydrogens (tertiary/aromatic N) is 8. The molecule has 19 nitrogen and oxygen atoms in total. The lowest BCUT2D eigenvalue weighted by atomic mass is 9.95. The zero-order valence-electron chi connectivity index (χ0n) is 41.4. The van der Waals surface area contributed by atoms with Gasteiger partial charge in [-0.25, -0.2) is 18.4 Å². The quantitative estimate of drug-likeness (QED) is 0.199. The summed E-state index contributed by atoms with van der Waals surface area (Å²) in [5.41, 5.74) is 1.08. The SMILES string of the molecule is CC(=O)N1CCN(c2nc(N3CCC[C@@H](CC(=O)O)C3)ccc2C(=O)NC2CCCCC2)CC1.CCS(=O)(=O)N1CCN(c2nc(N3CCC[C@@H](CC(=O)O)C3)ccc2C(=O)NC2CCCCC2)CC1. The molecule has 2 aliphatic carbocycles. The van der Waals surface area contributed by atoms with Crippen molar-refractivity contribution in [2.75, 3.05) is 104 Å². The summed E-state index contributed by atoms with van der Waals surface area (Å²) in [6, 6.07) is 7.83. The predicted octanol–water partition coefficient (Wildman–Crippen LogP) is 4.81. The van der Waals surface area contributed by atoms with Gasteiger partial charge in [0.1, 0.15) is 23.3 Å². The molecule has 20 heteroatoms. The number of hydrogen-bond donors (Lipinski definition) is 4. The molecule has 4 saturated heterocycles. The Morgan fingerprint density at radius 2 is 0.971 bits per heavy atom. The summed E-state index contributed by atoms with van der Waals surface area (Å²) in [5, 5.41) is 24.9. The number of sulfonamides is 1. The van der Waals surface area contributed by atoms with Crippen LogP contribution in [-0.2, 0) is 24.4 Å². The van der Waals surface area contributed by atoms with Crippen molar-refractivity contribution < 1.29 is 42.6 Å². The maximum absolute atomic E-state index is 13.3. The van der Waals surface area contributed by atoms with Crippen molar-refractivity contribution in [2.45, 2.75) is 129 Å². The first-order chi connectivity index (χ1) is 33.7. The molecule has 3 amide bonds. The van der Waals surface area contributed by atoms with Crippen LogP contribution in [0, 0.1) is 11.8 Å². The van der Waals surface area contributed by atoms with Gasteiger partial charge in [-0.3, -0.25) is 24.0 Å². The van der Waals surface area contributed by atoms with Crippen LogP contribution >= 0.6 is 0 Å². The molecule has 8 rings (SSSR count). The van der Waals surface area contributed by atoms with E-state index < -0.39 is 22.0 Å². The van der Waals surface area contributed by atoms with Crippen LogP contribution in [0.5, 0.6) is 0 Å². The van der Waals surface area contributed by atoms with Crippen LogP contribution in [0.1, 0.15) is 137 Å². The van der Waals surface area contributed by atoms with E-state index in [9.17, 15) is 42.6 Å². The van der Waals surface area contributed by atoms with Crippen molar-refractivity contribution in [1.82, 2.24) is 29.8 Å². The van der Waals surface area contributed by atoms with E-state index in [1.807, 2.05) is 34.1 Å². The number of carbonyl (C=O) groups is 5. The van der Waals surface area contributed by atoms with Crippen LogP contribution in [0.4, 0.5) is 23.3 Å². The molecule has 4 aliphatic heterocycles. The Morgan fingerprint density at radius 1 is 0.557 bits per heavy atom. The highest BCUT2D eigenvalue weighted by molar-refractivity contribution is 7.89. The molecule has 0 spiro atoms. The zero-order valence-corrected chi connectivity index (χ0v) is 42.2. The molecule has 0 aromatic carbocycles. The number of carboxylic acids is 2. The Kier molecular flexibility index (Phi) is 18.6. The number of piperidine rings is 2. The highest BCUT2D eigenvalue weighted by Gasteiger charge is 2.32. The summed E-state index contributed by atoms with van der Waals surface area (Å²) in [6.07, 6.45) is 14.9. The van der Waals surface area contributed by atoms with Gasteiger partial charge in [-0.2, -0.15) is 4.31 Å². The fourth-order valence-electron chi connectivity index (χ4n) is 11.1. The monoisotopic (exact) mass is 993 g/mol. The minimum atomic E-state index is -3.26. The number of pyridine rings is 2. The van der Waals surface area contributed by atoms with Gasteiger partial charge < -0.3 is 45.3 Å². The number of nitrogens with one attached hydrogen (secondary N) is 2. The molecule has 0 unspecified atom stereocenters. The van der Waals surface area contributed by atoms with Crippen molar-refractivity contribution in [1.29, 1.82) is 0 Å². The van der Waals surface area contributed by atoms with E-state index in [1.165, 1.54) is 17.1 Å². The minimum Gasteiger partial charge on any atom is -0.481 e. The van der Waals surface area contributed by atoms with Crippen LogP contribution < -0.4 is 30.2 Å². The van der Waals surface area contributed by atoms with Gasteiger partial charge in [-0.05, 0) is 94.4 Å². The van der Waals surface area contributed by atoms with Crippen molar-refractivity contribution in [3.8, 4) is 0 Å². The second-order valence-corrected chi connectivity index (χ2v) is 22.3. The summed E-state index contributed by atoms with van der Waals surface area (Å²) < 4.78 is 26.2. The number of carboxylic acid groups (broad SMARTS) is 2. The molecule has 70 heavy (non-hydrogen) atoms. The molecule has 6 heterocycles. The number of piperazine rings is 2. The van der Waals surface area contributed by atoms with Crippen LogP contribution in [-0.4, -0.2) is 164 Å². The first kappa shape index (κ1) is 52.6. The van der Waals surface area contributed by atoms with Gasteiger partial charge in [0.2, 0.25) is 15.9 Å². The van der Waals surface area contributed by atoms with Gasteiger partial charge in [0, 0.05) is 110 Å². The topological polar surface area (TPSA) is 229 Å². The van der Waals surface area contributed by atoms with E-state index in [-0.39, 0.29) is 60.2 Å². The molecule has 4 N–H and O–H groups in total. The smallest absolute Gasteiger partial charge is 0.303 e. The van der Waals surface area contributed by atoms with E-state index in [4.69, 9.17) is 9.97 Å². The summed E-state index contributed by atoms with van der Waals surface area (Å²) >= 11 is 0. The van der Waals surface area contributed by atoms with Gasteiger partial charge in [-0.1, -0.05) is 38.5 Å². The second kappa shape index (κ2) is 24.7. The Hall–Kier alpha value is -5.24. The van der Waals surface area contributed by atoms with E-state index >= 15 is 0 Å². The second-order valence-electron chi connectivity index (χ2n) is 20.1. The standard InChI is InChI=1S/C25H39N5O5S.C25H37N5O4/c1-2-36(34,35)30-15-13-28(14-16-30)24-21(25(33)26-20-8-4-3-5-9-20)10-11-22(27-24)29-12-6-7-19(18-29)17-23(31)32;1-18(31)28-12-14-29(15-13-28)24-21(25(34)26-20-7-3-2-4-8-20)9-10-22(27-24)30-11-5-6-19(17-30)16-23(32)33/h10-11,19-20H,2-9,12-18H2,1H3,(H,26,33)(H,31,32);9-10,19-20H,2-8,11-17H2,1H3,(H,26,34)(H,32,33)/t2*19-/m00/s1. The third kappa shape index (κ3) is 14.2. The number of carbonyl (C=O) groups excluding carboxylic acids is 3. The van der Waals surface area contributed by atoms with Crippen LogP contribution in [0.25, 0.3) is 0 Å². The summed E-state index contributed by atoms with van der Waals surface area (Å²) in [6.45, 7) is 10.2. The van der Waals surface area contributed by atoms with Crippen molar-refractivity contribution in [2.24, 2.45) is 11.8 Å². The normalized spacial score (nSPS) is 22.2. The molecule has 0 bridgehead atoms. The Labute approximate surface area is 413 Å². The van der Waals surface area contributed by atoms with E-state index in [0.717, 1.165) is 102 Å². The lowest BCUT2D eigenvalue weighted by Crippen LogP contribution is -2.50. The van der Waals surface area contributed by atoms with E-state index in [2.05, 4.69) is 25.3 Å². The van der Waals surface area contributed by atoms with Crippen LogP contribution in [0.2, 0.25) is 0 Å². The molecular formula is C50H76N10O9S. The molecule has 6 fully saturated rings.